The third kappa shape index (κ3) is 3.01. The molecule has 0 saturated carbocycles. The summed E-state index contributed by atoms with van der Waals surface area (Å²) in [6.07, 6.45) is -0.514. The van der Waals surface area contributed by atoms with Gasteiger partial charge in [-0.1, -0.05) is 17.9 Å². The summed E-state index contributed by atoms with van der Waals surface area (Å²) in [4.78, 5) is 10.5. The van der Waals surface area contributed by atoms with E-state index in [1.54, 1.807) is 0 Å². The number of hydrogen-bond donors (Lipinski definition) is 1. The Hall–Kier alpha value is -1.46. The summed E-state index contributed by atoms with van der Waals surface area (Å²) in [7, 11) is 0. The minimum Gasteiger partial charge on any atom is -0.449 e. The van der Waals surface area contributed by atoms with Crippen LogP contribution in [0.2, 0.25) is 0 Å². The number of anilines is 1. The fourth-order valence-corrected chi connectivity index (χ4v) is 1.35. The summed E-state index contributed by atoms with van der Waals surface area (Å²) in [6, 6.07) is 2.60. The van der Waals surface area contributed by atoms with Crippen molar-refractivity contribution in [3.05, 3.63) is 28.8 Å². The highest BCUT2D eigenvalue weighted by atomic mass is 19.4. The number of carbonyl (C=O) groups excluding carboxylic acids is 1. The van der Waals surface area contributed by atoms with Crippen LogP contribution in [0.15, 0.2) is 12.1 Å². The first-order valence-corrected chi connectivity index (χ1v) is 4.38. The Balaban J connectivity index is 3.16. The molecule has 1 aromatic carbocycles. The standard InChI is InChI=1S/C9H10BF3NO/c1-6-8(4-10(11,12)13)2-7(5-15)3-9(6)14/h2-3,5H,4,14H2,1H3/q-1. The summed E-state index contributed by atoms with van der Waals surface area (Å²) in [5.74, 6) is 0. The first-order chi connectivity index (χ1) is 6.83. The lowest BCUT2D eigenvalue weighted by Crippen LogP contribution is -2.20. The van der Waals surface area contributed by atoms with Crippen LogP contribution in [0, 0.1) is 6.92 Å². The molecule has 82 valence electrons. The molecule has 0 fully saturated rings. The van der Waals surface area contributed by atoms with Gasteiger partial charge in [-0.05, 0) is 18.6 Å². The van der Waals surface area contributed by atoms with Crippen LogP contribution in [0.5, 0.6) is 0 Å². The maximum atomic E-state index is 12.2. The third-order valence-corrected chi connectivity index (χ3v) is 2.17. The lowest BCUT2D eigenvalue weighted by atomic mass is 9.79. The summed E-state index contributed by atoms with van der Waals surface area (Å²) < 4.78 is 36.7. The smallest absolute Gasteiger partial charge is 0.449 e. The average Bonchev–Trinajstić information content (AvgIpc) is 2.10. The normalized spacial score (nSPS) is 11.5. The number of rotatable bonds is 3. The van der Waals surface area contributed by atoms with Gasteiger partial charge in [0.25, 0.3) is 0 Å². The van der Waals surface area contributed by atoms with Gasteiger partial charge in [-0.3, -0.25) is 4.79 Å². The second-order valence-electron chi connectivity index (χ2n) is 3.43. The molecule has 6 heteroatoms. The Kier molecular flexibility index (Phi) is 3.07. The van der Waals surface area contributed by atoms with Gasteiger partial charge >= 0.3 is 6.98 Å². The molecular weight excluding hydrogens is 206 g/mol. The van der Waals surface area contributed by atoms with E-state index in [2.05, 4.69) is 0 Å². The molecule has 0 radical (unpaired) electrons. The predicted octanol–water partition coefficient (Wildman–Crippen LogP) is 2.32. The lowest BCUT2D eigenvalue weighted by molar-refractivity contribution is 0.112. The van der Waals surface area contributed by atoms with Crippen LogP contribution in [0.4, 0.5) is 18.6 Å². The van der Waals surface area contributed by atoms with Crippen LogP contribution < -0.4 is 5.73 Å². The fourth-order valence-electron chi connectivity index (χ4n) is 1.35. The number of nitrogens with two attached hydrogens (primary N) is 1. The summed E-state index contributed by atoms with van der Waals surface area (Å²) in [5.41, 5.74) is 6.35. The largest absolute Gasteiger partial charge is 0.482 e. The molecule has 1 aromatic rings. The highest BCUT2D eigenvalue weighted by Gasteiger charge is 2.24. The fraction of sp³-hybridized carbons (Fsp3) is 0.222. The van der Waals surface area contributed by atoms with Crippen molar-refractivity contribution in [2.24, 2.45) is 0 Å². The Bertz CT molecular complexity index is 390. The van der Waals surface area contributed by atoms with E-state index in [4.69, 9.17) is 5.73 Å². The maximum Gasteiger partial charge on any atom is 0.482 e. The number of hydrogen-bond acceptors (Lipinski definition) is 2. The quantitative estimate of drug-likeness (QED) is 0.478. The van der Waals surface area contributed by atoms with Gasteiger partial charge in [0.2, 0.25) is 0 Å². The van der Waals surface area contributed by atoms with Gasteiger partial charge in [0.1, 0.15) is 6.29 Å². The maximum absolute atomic E-state index is 12.2. The second-order valence-corrected chi connectivity index (χ2v) is 3.43. The van der Waals surface area contributed by atoms with Gasteiger partial charge in [-0.2, -0.15) is 0 Å². The van der Waals surface area contributed by atoms with Crippen molar-refractivity contribution in [1.29, 1.82) is 0 Å². The van der Waals surface area contributed by atoms with Gasteiger partial charge in [-0.25, -0.2) is 0 Å². The molecule has 0 heterocycles. The van der Waals surface area contributed by atoms with Crippen molar-refractivity contribution in [2.75, 3.05) is 5.73 Å². The van der Waals surface area contributed by atoms with Crippen molar-refractivity contribution < 1.29 is 17.7 Å². The van der Waals surface area contributed by atoms with Crippen molar-refractivity contribution in [3.63, 3.8) is 0 Å². The molecule has 0 amide bonds. The molecule has 0 aliphatic heterocycles. The van der Waals surface area contributed by atoms with Crippen LogP contribution in [-0.2, 0) is 6.32 Å². The molecule has 0 aromatic heterocycles. The molecule has 1 rings (SSSR count). The number of nitrogen functional groups attached to an aromatic ring is 1. The minimum atomic E-state index is -4.91. The lowest BCUT2D eigenvalue weighted by Gasteiger charge is -2.16. The molecule has 0 aliphatic rings. The highest BCUT2D eigenvalue weighted by Crippen LogP contribution is 2.23. The molecule has 15 heavy (non-hydrogen) atoms. The van der Waals surface area contributed by atoms with E-state index in [1.165, 1.54) is 19.1 Å². The van der Waals surface area contributed by atoms with E-state index >= 15 is 0 Å². The zero-order valence-electron chi connectivity index (χ0n) is 8.14. The Morgan fingerprint density at radius 3 is 2.47 bits per heavy atom. The summed E-state index contributed by atoms with van der Waals surface area (Å²) in [6.45, 7) is -3.39. The van der Waals surface area contributed by atoms with E-state index in [0.29, 0.717) is 11.8 Å². The molecular formula is C9H10BF3NO-. The zero-order valence-corrected chi connectivity index (χ0v) is 8.14. The summed E-state index contributed by atoms with van der Waals surface area (Å²) in [5, 5.41) is 0. The van der Waals surface area contributed by atoms with Crippen LogP contribution >= 0.6 is 0 Å². The van der Waals surface area contributed by atoms with Gasteiger partial charge in [0, 0.05) is 11.3 Å². The molecule has 0 aliphatic carbocycles. The molecule has 0 bridgehead atoms. The molecule has 0 atom stereocenters. The van der Waals surface area contributed by atoms with Crippen molar-refractivity contribution in [3.8, 4) is 0 Å². The Morgan fingerprint density at radius 1 is 1.40 bits per heavy atom. The van der Waals surface area contributed by atoms with Crippen LogP contribution in [-0.4, -0.2) is 13.3 Å². The van der Waals surface area contributed by atoms with Gasteiger partial charge < -0.3 is 18.7 Å². The number of aldehydes is 1. The molecule has 2 N–H and O–H groups in total. The van der Waals surface area contributed by atoms with Gasteiger partial charge in [0.15, 0.2) is 0 Å². The van der Waals surface area contributed by atoms with E-state index < -0.39 is 13.3 Å². The predicted molar refractivity (Wildman–Crippen MR) is 53.8 cm³/mol. The number of benzene rings is 1. The van der Waals surface area contributed by atoms with E-state index in [1.807, 2.05) is 0 Å². The number of carbonyl (C=O) groups is 1. The van der Waals surface area contributed by atoms with Crippen LogP contribution in [0.1, 0.15) is 21.5 Å². The first-order valence-electron chi connectivity index (χ1n) is 4.38. The minimum absolute atomic E-state index is 0.0737. The van der Waals surface area contributed by atoms with Crippen LogP contribution in [0.3, 0.4) is 0 Å². The Labute approximate surface area is 85.3 Å². The molecule has 0 spiro atoms. The molecule has 0 unspecified atom stereocenters. The molecule has 0 saturated heterocycles. The average molecular weight is 216 g/mol. The molecule has 2 nitrogen and oxygen atoms in total. The summed E-state index contributed by atoms with van der Waals surface area (Å²) >= 11 is 0. The van der Waals surface area contributed by atoms with Gasteiger partial charge in [-0.15, -0.1) is 0 Å². The first kappa shape index (κ1) is 11.6. The van der Waals surface area contributed by atoms with E-state index in [0.717, 1.165) is 0 Å². The van der Waals surface area contributed by atoms with Crippen molar-refractivity contribution in [1.82, 2.24) is 0 Å². The van der Waals surface area contributed by atoms with Crippen molar-refractivity contribution in [2.45, 2.75) is 13.2 Å². The van der Waals surface area contributed by atoms with Crippen LogP contribution in [0.25, 0.3) is 0 Å². The highest BCUT2D eigenvalue weighted by molar-refractivity contribution is 6.57. The Morgan fingerprint density at radius 2 is 2.00 bits per heavy atom. The third-order valence-electron chi connectivity index (χ3n) is 2.17. The van der Waals surface area contributed by atoms with Crippen molar-refractivity contribution >= 4 is 19.0 Å². The topological polar surface area (TPSA) is 43.1 Å². The second kappa shape index (κ2) is 3.96. The number of halogens is 3. The SMILES string of the molecule is Cc1c(N)cc(C=O)cc1C[B-](F)(F)F. The monoisotopic (exact) mass is 216 g/mol. The van der Waals surface area contributed by atoms with E-state index in [9.17, 15) is 17.7 Å². The van der Waals surface area contributed by atoms with Gasteiger partial charge in [0.05, 0.1) is 0 Å². The zero-order chi connectivity index (χ0) is 11.6. The van der Waals surface area contributed by atoms with E-state index in [-0.39, 0.29) is 16.8 Å².